The molecule has 2 saturated heterocycles. The van der Waals surface area contributed by atoms with Crippen LogP contribution in [0.2, 0.25) is 10.0 Å². The number of oxime groups is 2. The van der Waals surface area contributed by atoms with E-state index in [9.17, 15) is 43.5 Å². The number of hydrogen-bond acceptors (Lipinski definition) is 17. The Bertz CT molecular complexity index is 3180. The van der Waals surface area contributed by atoms with E-state index in [0.717, 1.165) is 62.5 Å². The number of carbonyl (C=O) groups excluding carboxylic acids is 7. The van der Waals surface area contributed by atoms with Crippen LogP contribution < -0.4 is 5.73 Å². The number of ketones is 1. The lowest BCUT2D eigenvalue weighted by atomic mass is 9.87. The van der Waals surface area contributed by atoms with Gasteiger partial charge in [-0.1, -0.05) is 123 Å². The molecule has 4 aliphatic heterocycles. The summed E-state index contributed by atoms with van der Waals surface area (Å²) in [5, 5.41) is 19.7. The third-order valence-electron chi connectivity index (χ3n) is 17.7. The van der Waals surface area contributed by atoms with Crippen molar-refractivity contribution in [3.8, 4) is 0 Å². The van der Waals surface area contributed by atoms with Crippen molar-refractivity contribution in [1.29, 1.82) is 0 Å². The Morgan fingerprint density at radius 3 is 1.44 bits per heavy atom. The topological polar surface area (TPSA) is 269 Å². The lowest BCUT2D eigenvalue weighted by molar-refractivity contribution is -0.160. The van der Waals surface area contributed by atoms with Crippen molar-refractivity contribution in [2.24, 2.45) is 45.1 Å². The van der Waals surface area contributed by atoms with E-state index in [1.54, 1.807) is 82.9 Å². The largest absolute Gasteiger partial charge is 0.480 e. The first-order chi connectivity index (χ1) is 43.8. The van der Waals surface area contributed by atoms with Gasteiger partial charge < -0.3 is 49.3 Å². The number of ether oxygens (including phenoxy) is 4. The summed E-state index contributed by atoms with van der Waals surface area (Å²) in [5.41, 5.74) is 3.55. The number of carboxylic acids is 1. The van der Waals surface area contributed by atoms with E-state index in [-0.39, 0.29) is 108 Å². The van der Waals surface area contributed by atoms with Crippen LogP contribution in [0, 0.1) is 29.1 Å². The normalized spacial score (nSPS) is 24.6. The van der Waals surface area contributed by atoms with Crippen molar-refractivity contribution in [2.45, 2.75) is 218 Å². The maximum absolute atomic E-state index is 14.4. The van der Waals surface area contributed by atoms with E-state index < -0.39 is 81.2 Å². The van der Waals surface area contributed by atoms with Gasteiger partial charge in [-0.15, -0.1) is 38.7 Å². The van der Waals surface area contributed by atoms with E-state index in [1.807, 2.05) is 36.4 Å². The number of benzene rings is 2. The number of hydrogen-bond donors (Lipinski definition) is 2. The number of halogens is 3. The fourth-order valence-electron chi connectivity index (χ4n) is 12.7. The summed E-state index contributed by atoms with van der Waals surface area (Å²) in [7, 11) is 2.65. The minimum atomic E-state index is -1.10. The number of carboxylic acid groups (broad SMARTS) is 1. The molecule has 4 heterocycles. The first kappa shape index (κ1) is 83.4. The van der Waals surface area contributed by atoms with Gasteiger partial charge in [-0.3, -0.25) is 33.6 Å². The molecule has 2 amide bonds. The summed E-state index contributed by atoms with van der Waals surface area (Å²) in [6.45, 7) is 25.8. The summed E-state index contributed by atoms with van der Waals surface area (Å²) in [4.78, 5) is 119. The molecule has 0 radical (unpaired) electrons. The van der Waals surface area contributed by atoms with E-state index in [0.29, 0.717) is 60.0 Å². The summed E-state index contributed by atoms with van der Waals surface area (Å²) in [6.07, 6.45) is 16.8. The first-order valence-electron chi connectivity index (χ1n) is 32.1. The number of nitrogens with zero attached hydrogens (tertiary/aromatic N) is 4. The third-order valence-corrected chi connectivity index (χ3v) is 18.2. The summed E-state index contributed by atoms with van der Waals surface area (Å²) in [6, 6.07) is 12.6. The minimum absolute atomic E-state index is 0. The van der Waals surface area contributed by atoms with Gasteiger partial charge in [-0.05, 0) is 123 Å². The molecule has 2 aromatic carbocycles. The van der Waals surface area contributed by atoms with Gasteiger partial charge in [0.1, 0.15) is 22.8 Å². The van der Waals surface area contributed by atoms with Gasteiger partial charge in [0, 0.05) is 71.0 Å². The van der Waals surface area contributed by atoms with Gasteiger partial charge in [-0.25, -0.2) is 4.79 Å². The molecule has 0 unspecified atom stereocenters. The Hall–Kier alpha value is -6.87. The standard InChI is InChI=1S/C36H47ClN2O7.C28H37ClN2O6.C7H11NO2.2CH4.ClH/c1-7-9-10-11-12-14-25(18-31(41)45-34(3,4)5)32(42)39-23-35(20-28(38-46-35)24-15-13-16-27(37)17-24)21-29(39)30(40)22-36(33(43)44-6)19-26(36)8-2;1-5-6-7-8-9-11-20(15-24(32)36-27(2,3)4)25(33)31-18-28(17-23(31)26(34)35)16-22(30-37-28)19-12-10-13-21(29)14-19;1-3-5-4-7(5,8)6(9)10-2;;;/h7-8,13,15-17,25-26,29H,1-2,9-12,14,18-23H2,3-6H3;5,10,12-14,20,23H,1,6-9,11,15-18H2,2-4H3,(H,34,35);3,5H,1,4,8H2,2H3;2*1H4;1H/t25-,26-,29+,35-,36-;20-,23+,28-;5-,7-;;;/m111.../s1. The molecule has 0 bridgehead atoms. The van der Waals surface area contributed by atoms with E-state index >= 15 is 0 Å². The molecule has 3 N–H and O–H groups in total. The lowest BCUT2D eigenvalue weighted by Gasteiger charge is -2.29. The van der Waals surface area contributed by atoms with Crippen molar-refractivity contribution < 1.29 is 72.1 Å². The van der Waals surface area contributed by atoms with Crippen LogP contribution in [-0.4, -0.2) is 141 Å². The predicted molar refractivity (Wildman–Crippen MR) is 376 cm³/mol. The van der Waals surface area contributed by atoms with Crippen molar-refractivity contribution in [1.82, 2.24) is 9.80 Å². The highest BCUT2D eigenvalue weighted by Gasteiger charge is 2.63. The molecule has 96 heavy (non-hydrogen) atoms. The number of amides is 2. The van der Waals surface area contributed by atoms with Crippen LogP contribution in [0.3, 0.4) is 0 Å². The summed E-state index contributed by atoms with van der Waals surface area (Å²) >= 11 is 12.4. The first-order valence-corrected chi connectivity index (χ1v) is 32.8. The van der Waals surface area contributed by atoms with Gasteiger partial charge in [0.2, 0.25) is 11.8 Å². The zero-order valence-electron chi connectivity index (χ0n) is 55.8. The number of carbonyl (C=O) groups is 8. The highest BCUT2D eigenvalue weighted by Crippen LogP contribution is 2.58. The molecule has 532 valence electrons. The average Bonchev–Trinajstić information content (AvgIpc) is 1.58. The number of rotatable bonds is 28. The number of aliphatic carboxylic acids is 1. The molecule has 2 saturated carbocycles. The predicted octanol–water partition coefficient (Wildman–Crippen LogP) is 13.7. The SMILES string of the molecule is C.C.C=CCCCCC[C@H](CC(=O)OC(C)(C)C)C(=O)N1C[C@@]2(CC(c3cccc(Cl)c3)=NO2)C[C@H]1C(=O)C[C@]1(C(=O)OC)C[C@H]1C=C.C=CCCCCC[C@H](CC(=O)OC(C)(C)C)C(=O)N1C[C@@]2(CC(c3cccc(Cl)c3)=NO2)C[C@H]1C(=O)O.C=C[C@@H]1C[C@]1(N)C(=O)OC.Cl. The van der Waals surface area contributed by atoms with Crippen LogP contribution in [0.5, 0.6) is 0 Å². The molecule has 2 aliphatic carbocycles. The van der Waals surface area contributed by atoms with Gasteiger partial charge in [0.15, 0.2) is 17.0 Å². The quantitative estimate of drug-likeness (QED) is 0.0347. The Labute approximate surface area is 584 Å². The fourth-order valence-corrected chi connectivity index (χ4v) is 13.1. The van der Waals surface area contributed by atoms with Crippen LogP contribution in [0.1, 0.15) is 190 Å². The highest BCUT2D eigenvalue weighted by atomic mass is 35.5. The second-order valence-corrected chi connectivity index (χ2v) is 28.3. The zero-order valence-corrected chi connectivity index (χ0v) is 58.1. The number of unbranched alkanes of at least 4 members (excludes halogenated alkanes) is 6. The van der Waals surface area contributed by atoms with Gasteiger partial charge in [-0.2, -0.15) is 0 Å². The molecule has 8 rings (SSSR count). The van der Waals surface area contributed by atoms with E-state index in [2.05, 4.69) is 41.4 Å². The molecule has 10 atom stereocenters. The molecule has 0 aromatic heterocycles. The Morgan fingerprint density at radius 2 is 1.07 bits per heavy atom. The van der Waals surface area contributed by atoms with Crippen molar-refractivity contribution in [3.05, 3.63) is 120 Å². The van der Waals surface area contributed by atoms with Gasteiger partial charge in [0.25, 0.3) is 0 Å². The number of nitrogens with two attached hydrogens (primary N) is 1. The van der Waals surface area contributed by atoms with Crippen molar-refractivity contribution >= 4 is 94.5 Å². The van der Waals surface area contributed by atoms with Crippen LogP contribution in [0.4, 0.5) is 0 Å². The maximum Gasteiger partial charge on any atom is 0.326 e. The van der Waals surface area contributed by atoms with Crippen LogP contribution in [0.15, 0.2) is 109 Å². The zero-order chi connectivity index (χ0) is 68.7. The number of methoxy groups -OCH3 is 2. The smallest absolute Gasteiger partial charge is 0.326 e. The van der Waals surface area contributed by atoms with Crippen LogP contribution in [-0.2, 0) is 67.0 Å². The second kappa shape index (κ2) is 36.1. The highest BCUT2D eigenvalue weighted by molar-refractivity contribution is 6.31. The Morgan fingerprint density at radius 1 is 0.646 bits per heavy atom. The molecule has 4 fully saturated rings. The maximum atomic E-state index is 14.4. The Kier molecular flexibility index (Phi) is 31.3. The van der Waals surface area contributed by atoms with E-state index in [4.69, 9.17) is 52.8 Å². The number of esters is 4. The number of Topliss-reactive ketones (excluding diaryl/α,β-unsaturated/α-hetero) is 1. The Balaban J connectivity index is 0.000000431. The van der Waals surface area contributed by atoms with Gasteiger partial charge >= 0.3 is 29.8 Å². The average molecular weight is 1400 g/mol. The minimum Gasteiger partial charge on any atom is -0.480 e. The fraction of sp³-hybridized carbons (Fsp3) is 0.589. The molecule has 23 heteroatoms. The van der Waals surface area contributed by atoms with E-state index in [1.165, 1.54) is 19.1 Å². The van der Waals surface area contributed by atoms with Crippen molar-refractivity contribution in [3.63, 3.8) is 0 Å². The molecule has 6 aliphatic rings. The lowest BCUT2D eigenvalue weighted by Crippen LogP contribution is -2.46. The number of allylic oxidation sites excluding steroid dienone is 3. The molecular weight excluding hydrogens is 1290 g/mol. The van der Waals surface area contributed by atoms with Crippen molar-refractivity contribution in [2.75, 3.05) is 27.3 Å². The van der Waals surface area contributed by atoms with Crippen LogP contribution in [0.25, 0.3) is 0 Å². The summed E-state index contributed by atoms with van der Waals surface area (Å²) in [5.74, 6) is -5.17. The molecular formula is C73H104Cl3N5O15. The molecule has 2 spiro atoms. The second-order valence-electron chi connectivity index (χ2n) is 27.5. The number of likely N-dealkylation sites (tertiary alicyclic amines) is 2. The van der Waals surface area contributed by atoms with Crippen LogP contribution >= 0.6 is 35.6 Å². The van der Waals surface area contributed by atoms with Gasteiger partial charge in [0.05, 0.1) is 63.0 Å². The third kappa shape index (κ3) is 22.3. The summed E-state index contributed by atoms with van der Waals surface area (Å²) < 4.78 is 20.6. The monoisotopic (exact) mass is 1400 g/mol. The molecule has 2 aromatic rings. The molecule has 20 nitrogen and oxygen atoms in total.